The van der Waals surface area contributed by atoms with Crippen molar-refractivity contribution >= 4 is 85.3 Å². The summed E-state index contributed by atoms with van der Waals surface area (Å²) in [5, 5.41) is 0.994. The van der Waals surface area contributed by atoms with Gasteiger partial charge in [-0.2, -0.15) is 0 Å². The van der Waals surface area contributed by atoms with Gasteiger partial charge in [-0.1, -0.05) is 201 Å². The van der Waals surface area contributed by atoms with E-state index in [0.717, 1.165) is 88.3 Å². The molecule has 7 heterocycles. The van der Waals surface area contributed by atoms with Gasteiger partial charge in [0.15, 0.2) is 11.3 Å². The van der Waals surface area contributed by atoms with E-state index in [1.165, 1.54) is 205 Å². The zero-order valence-electron chi connectivity index (χ0n) is 54.4. The Morgan fingerprint density at radius 3 is 1.19 bits per heavy atom. The normalized spacial score (nSPS) is 12.7. The van der Waals surface area contributed by atoms with Crippen LogP contribution >= 0.6 is 68.0 Å². The van der Waals surface area contributed by atoms with Crippen LogP contribution in [0.15, 0.2) is 158 Å². The molecule has 10 heteroatoms. The molecule has 0 unspecified atom stereocenters. The Balaban J connectivity index is 0.946. The van der Waals surface area contributed by atoms with Crippen LogP contribution in [-0.4, -0.2) is 23.4 Å². The van der Waals surface area contributed by atoms with E-state index in [0.29, 0.717) is 0 Å². The highest BCUT2D eigenvalue weighted by Crippen LogP contribution is 2.63. The molecule has 0 atom stereocenters. The van der Waals surface area contributed by atoms with Crippen molar-refractivity contribution in [2.24, 2.45) is 0 Å². The number of unbranched alkanes of at least 4 members (excludes halogenated alkanes) is 12. The van der Waals surface area contributed by atoms with Crippen LogP contribution in [0.1, 0.15) is 185 Å². The van der Waals surface area contributed by atoms with E-state index in [2.05, 4.69) is 185 Å². The van der Waals surface area contributed by atoms with E-state index < -0.39 is 5.41 Å². The molecular weight excluding hydrogens is 1250 g/mol. The van der Waals surface area contributed by atoms with Crippen LogP contribution in [0.4, 0.5) is 0 Å². The number of aryl methyl sites for hydroxylation is 4. The van der Waals surface area contributed by atoms with E-state index in [1.807, 2.05) is 52.5 Å². The molecule has 0 radical (unpaired) electrons. The highest BCUT2D eigenvalue weighted by atomic mass is 32.1. The molecule has 14 rings (SSSR count). The second-order valence-electron chi connectivity index (χ2n) is 25.5. The average Bonchev–Trinajstić information content (AvgIpc) is 1.53. The average molecular weight is 1330 g/mol. The van der Waals surface area contributed by atoms with Gasteiger partial charge in [-0.3, -0.25) is 4.79 Å². The SMILES string of the molecule is CCCCCCc1cc(C=O)sc1-c1ccc(-c2sc(-c3ccc4c(c3)C3(c5ccccc5-c5ccccc53)c3cc(-c5cc(CCCCCC)c(-c6ccc(-c7sc(OC)cc7CCCCCC)s6)s5)ccc3-c3nc5ccccc5nc3-4)cc2CCCCCC)s1. The largest absolute Gasteiger partial charge is 0.487 e. The molecule has 0 bridgehead atoms. The molecule has 0 N–H and O–H groups in total. The number of ether oxygens (including phenoxy) is 1. The van der Waals surface area contributed by atoms with E-state index in [1.54, 1.807) is 22.7 Å². The minimum absolute atomic E-state index is 0.749. The van der Waals surface area contributed by atoms with Gasteiger partial charge in [0.1, 0.15) is 0 Å². The number of fused-ring (bicyclic) bond motifs is 13. The summed E-state index contributed by atoms with van der Waals surface area (Å²) in [6.45, 7) is 9.17. The van der Waals surface area contributed by atoms with Crippen molar-refractivity contribution in [3.05, 3.63) is 207 Å². The van der Waals surface area contributed by atoms with Crippen molar-refractivity contribution < 1.29 is 9.53 Å². The fourth-order valence-electron chi connectivity index (χ4n) is 14.6. The number of hydrogen-bond acceptors (Lipinski definition) is 10. The number of carbonyl (C=O) groups is 1. The number of hydrogen-bond donors (Lipinski definition) is 0. The maximum Gasteiger partial charge on any atom is 0.174 e. The van der Waals surface area contributed by atoms with Crippen LogP contribution in [0.5, 0.6) is 5.06 Å². The predicted molar refractivity (Wildman–Crippen MR) is 404 cm³/mol. The molecule has 0 saturated heterocycles. The Morgan fingerprint density at radius 1 is 0.366 bits per heavy atom. The molecule has 2 aliphatic carbocycles. The second kappa shape index (κ2) is 28.6. The van der Waals surface area contributed by atoms with Crippen molar-refractivity contribution in [1.82, 2.24) is 9.97 Å². The Hall–Kier alpha value is -6.89. The smallest absolute Gasteiger partial charge is 0.174 e. The van der Waals surface area contributed by atoms with Gasteiger partial charge in [-0.05, 0) is 191 Å². The minimum Gasteiger partial charge on any atom is -0.487 e. The van der Waals surface area contributed by atoms with Gasteiger partial charge >= 0.3 is 0 Å². The first kappa shape index (κ1) is 63.5. The van der Waals surface area contributed by atoms with Gasteiger partial charge in [0.05, 0.1) is 44.7 Å². The van der Waals surface area contributed by atoms with Crippen molar-refractivity contribution in [2.45, 2.75) is 162 Å². The first-order valence-corrected chi connectivity index (χ1v) is 39.2. The number of rotatable bonds is 28. The minimum atomic E-state index is -0.749. The highest BCUT2D eigenvalue weighted by Gasteiger charge is 2.50. The van der Waals surface area contributed by atoms with E-state index in [4.69, 9.17) is 14.7 Å². The summed E-state index contributed by atoms with van der Waals surface area (Å²) in [6, 6.07) is 60.6. The zero-order valence-corrected chi connectivity index (χ0v) is 59.3. The van der Waals surface area contributed by atoms with Crippen molar-refractivity contribution in [3.63, 3.8) is 0 Å². The van der Waals surface area contributed by atoms with E-state index >= 15 is 0 Å². The third-order valence-electron chi connectivity index (χ3n) is 19.3. The van der Waals surface area contributed by atoms with Gasteiger partial charge in [0.2, 0.25) is 0 Å². The first-order valence-electron chi connectivity index (χ1n) is 34.3. The van der Waals surface area contributed by atoms with Crippen LogP contribution < -0.4 is 4.74 Å². The van der Waals surface area contributed by atoms with Gasteiger partial charge in [-0.15, -0.1) is 56.7 Å². The summed E-state index contributed by atoms with van der Waals surface area (Å²) in [6.07, 6.45) is 24.6. The summed E-state index contributed by atoms with van der Waals surface area (Å²) in [7, 11) is 1.81. The first-order chi connectivity index (χ1) is 45.8. The molecule has 12 aromatic rings. The van der Waals surface area contributed by atoms with Crippen LogP contribution in [0.3, 0.4) is 0 Å². The molecule has 1 spiro atoms. The summed E-state index contributed by atoms with van der Waals surface area (Å²) >= 11 is 11.2. The monoisotopic (exact) mass is 1330 g/mol. The summed E-state index contributed by atoms with van der Waals surface area (Å²) in [5.41, 5.74) is 20.7. The highest BCUT2D eigenvalue weighted by molar-refractivity contribution is 7.28. The number of carbonyl (C=O) groups excluding carboxylic acids is 1. The lowest BCUT2D eigenvalue weighted by Crippen LogP contribution is -2.29. The Bertz CT molecular complexity index is 4590. The number of aldehydes is 1. The van der Waals surface area contributed by atoms with Gasteiger partial charge in [0, 0.05) is 55.0 Å². The van der Waals surface area contributed by atoms with Crippen LogP contribution in [0.25, 0.3) is 105 Å². The van der Waals surface area contributed by atoms with Crippen LogP contribution in [0.2, 0.25) is 0 Å². The predicted octanol–water partition coefficient (Wildman–Crippen LogP) is 26.3. The van der Waals surface area contributed by atoms with Crippen molar-refractivity contribution in [3.8, 4) is 98.6 Å². The lowest BCUT2D eigenvalue weighted by atomic mass is 9.65. The molecule has 0 amide bonds. The standard InChI is InChI=1S/C83H82N2O2S6/c1-6-10-14-18-28-55-46-59(52-86)88-79(55)70-42-43-71(89-70)80-56(29-19-15-11-7-2)49-74(91-80)53-38-40-62-66(47-53)83(64-34-24-22-32-60(64)61-33-23-25-35-65(61)83)67-48-54(39-41-63(67)78-77(62)84-68-36-26-27-37-69(68)85-78)75-50-57(30-20-16-12-8-3)81(92-75)72-44-45-73(90-72)82-58(31-21-17-13-9-4)51-76(87-5)93-82/h22-27,32-52H,6-21,28-31H2,1-5H3. The molecule has 0 aliphatic heterocycles. The molecule has 2 aliphatic rings. The van der Waals surface area contributed by atoms with Gasteiger partial charge in [0.25, 0.3) is 0 Å². The maximum atomic E-state index is 12.3. The quantitative estimate of drug-likeness (QED) is 0.0362. The molecule has 4 nitrogen and oxygen atoms in total. The third-order valence-corrected chi connectivity index (χ3v) is 26.9. The number of aromatic nitrogens is 2. The molecule has 5 aromatic carbocycles. The molecule has 0 fully saturated rings. The van der Waals surface area contributed by atoms with E-state index in [-0.39, 0.29) is 0 Å². The van der Waals surface area contributed by atoms with Crippen molar-refractivity contribution in [2.75, 3.05) is 7.11 Å². The maximum absolute atomic E-state index is 12.3. The lowest BCUT2D eigenvalue weighted by molar-refractivity contribution is 0.112. The van der Waals surface area contributed by atoms with Crippen molar-refractivity contribution in [1.29, 1.82) is 0 Å². The fourth-order valence-corrected chi connectivity index (χ4v) is 21.7. The summed E-state index contributed by atoms with van der Waals surface area (Å²) in [4.78, 5) is 37.7. The molecule has 7 aromatic heterocycles. The third kappa shape index (κ3) is 12.4. The Kier molecular flexibility index (Phi) is 19.5. The Labute approximate surface area is 574 Å². The van der Waals surface area contributed by atoms with Crippen LogP contribution in [0, 0.1) is 0 Å². The fraction of sp³-hybridized carbons (Fsp3) is 0.313. The van der Waals surface area contributed by atoms with Gasteiger partial charge in [-0.25, -0.2) is 9.97 Å². The number of thiophene rings is 6. The molecule has 0 saturated carbocycles. The summed E-state index contributed by atoms with van der Waals surface area (Å²) in [5.74, 6) is 0. The molecule has 93 heavy (non-hydrogen) atoms. The second-order valence-corrected chi connectivity index (χ2v) is 31.9. The lowest BCUT2D eigenvalue weighted by Gasteiger charge is -2.35. The molecule has 472 valence electrons. The number of methoxy groups -OCH3 is 1. The number of nitrogens with zero attached hydrogens (tertiary/aromatic N) is 2. The zero-order chi connectivity index (χ0) is 63.4. The summed E-state index contributed by atoms with van der Waals surface area (Å²) < 4.78 is 5.90. The van der Waals surface area contributed by atoms with Gasteiger partial charge < -0.3 is 4.74 Å². The number of benzene rings is 5. The Morgan fingerprint density at radius 2 is 0.763 bits per heavy atom. The van der Waals surface area contributed by atoms with Crippen LogP contribution in [-0.2, 0) is 31.1 Å². The molecular formula is C83H82N2O2S6. The topological polar surface area (TPSA) is 52.1 Å². The van der Waals surface area contributed by atoms with E-state index in [9.17, 15) is 4.79 Å². The number of para-hydroxylation sites is 2.